The Labute approximate surface area is 218 Å². The number of aromatic nitrogens is 1. The number of amides is 2. The van der Waals surface area contributed by atoms with Crippen molar-refractivity contribution in [3.05, 3.63) is 54.1 Å². The number of benzene rings is 1. The molecule has 3 unspecified atom stereocenters. The second-order valence-corrected chi connectivity index (χ2v) is 10.1. The molecule has 1 aliphatic rings. The molecule has 3 atom stereocenters. The molecule has 1 saturated heterocycles. The number of fused-ring (bicyclic) bond motifs is 1. The lowest BCUT2D eigenvalue weighted by Crippen LogP contribution is -2.55. The molecule has 0 spiro atoms. The maximum absolute atomic E-state index is 13.8. The molecule has 2 amide bonds. The second kappa shape index (κ2) is 11.7. The van der Waals surface area contributed by atoms with E-state index < -0.39 is 12.1 Å². The Hall–Kier alpha value is -3.46. The smallest absolute Gasteiger partial charge is 0.245 e. The van der Waals surface area contributed by atoms with Crippen molar-refractivity contribution >= 4 is 34.2 Å². The lowest BCUT2D eigenvalue weighted by molar-refractivity contribution is -0.138. The van der Waals surface area contributed by atoms with Crippen LogP contribution in [-0.4, -0.2) is 58.8 Å². The van der Waals surface area contributed by atoms with Crippen LogP contribution in [0.2, 0.25) is 0 Å². The van der Waals surface area contributed by atoms with Crippen molar-refractivity contribution in [1.82, 2.24) is 20.1 Å². The molecule has 1 aromatic heterocycles. The third-order valence-corrected chi connectivity index (χ3v) is 6.83. The van der Waals surface area contributed by atoms with Gasteiger partial charge in [0, 0.05) is 23.8 Å². The van der Waals surface area contributed by atoms with E-state index in [0.717, 1.165) is 22.9 Å². The normalized spacial score (nSPS) is 18.4. The summed E-state index contributed by atoms with van der Waals surface area (Å²) in [5.74, 6) is -0.400. The third kappa shape index (κ3) is 6.28. The van der Waals surface area contributed by atoms with Gasteiger partial charge in [-0.25, -0.2) is 9.38 Å². The Morgan fingerprint density at radius 2 is 2.00 bits per heavy atom. The molecular weight excluding hydrogens is 471 g/mol. The van der Waals surface area contributed by atoms with E-state index in [9.17, 15) is 14.0 Å². The van der Waals surface area contributed by atoms with Gasteiger partial charge in [-0.15, -0.1) is 0 Å². The van der Waals surface area contributed by atoms with E-state index in [4.69, 9.17) is 5.73 Å². The van der Waals surface area contributed by atoms with Crippen molar-refractivity contribution < 1.29 is 14.0 Å². The number of carbonyl (C=O) groups is 2. The zero-order valence-corrected chi connectivity index (χ0v) is 22.6. The van der Waals surface area contributed by atoms with Gasteiger partial charge in [0.15, 0.2) is 0 Å². The van der Waals surface area contributed by atoms with Gasteiger partial charge in [0.05, 0.1) is 29.1 Å². The zero-order chi connectivity index (χ0) is 27.4. The molecule has 1 fully saturated rings. The van der Waals surface area contributed by atoms with Crippen LogP contribution in [0.25, 0.3) is 16.6 Å². The van der Waals surface area contributed by atoms with E-state index >= 15 is 0 Å². The summed E-state index contributed by atoms with van der Waals surface area (Å²) >= 11 is 0. The van der Waals surface area contributed by atoms with Crippen LogP contribution in [0.1, 0.15) is 46.1 Å². The van der Waals surface area contributed by atoms with Crippen molar-refractivity contribution in [3.63, 3.8) is 0 Å². The Morgan fingerprint density at radius 3 is 2.62 bits per heavy atom. The highest BCUT2D eigenvalue weighted by Crippen LogP contribution is 2.30. The molecule has 37 heavy (non-hydrogen) atoms. The van der Waals surface area contributed by atoms with Gasteiger partial charge < -0.3 is 25.8 Å². The molecule has 2 heterocycles. The summed E-state index contributed by atoms with van der Waals surface area (Å²) in [5, 5.41) is 6.63. The first-order valence-electron chi connectivity index (χ1n) is 12.7. The Morgan fingerprint density at radius 1 is 1.30 bits per heavy atom. The van der Waals surface area contributed by atoms with Crippen molar-refractivity contribution in [1.29, 1.82) is 0 Å². The summed E-state index contributed by atoms with van der Waals surface area (Å²) in [7, 11) is 1.70. The molecule has 1 aliphatic heterocycles. The van der Waals surface area contributed by atoms with E-state index in [0.29, 0.717) is 30.2 Å². The molecule has 0 aliphatic carbocycles. The number of amidine groups is 1. The highest BCUT2D eigenvalue weighted by Gasteiger charge is 2.37. The van der Waals surface area contributed by atoms with Crippen LogP contribution in [0.3, 0.4) is 0 Å². The van der Waals surface area contributed by atoms with E-state index in [2.05, 4.69) is 22.2 Å². The lowest BCUT2D eigenvalue weighted by atomic mass is 10.0. The van der Waals surface area contributed by atoms with Crippen molar-refractivity contribution in [2.45, 2.75) is 65.6 Å². The quantitative estimate of drug-likeness (QED) is 0.273. The highest BCUT2D eigenvalue weighted by atomic mass is 19.1. The van der Waals surface area contributed by atoms with Gasteiger partial charge in [-0.1, -0.05) is 20.4 Å². The van der Waals surface area contributed by atoms with Crippen LogP contribution >= 0.6 is 0 Å². The molecule has 0 saturated carbocycles. The molecule has 9 heteroatoms. The number of nitrogens with zero attached hydrogens (tertiary/aromatic N) is 3. The first-order valence-corrected chi connectivity index (χ1v) is 12.7. The fourth-order valence-electron chi connectivity index (χ4n) is 4.69. The predicted molar refractivity (Wildman–Crippen MR) is 147 cm³/mol. The summed E-state index contributed by atoms with van der Waals surface area (Å²) in [6.45, 7) is 14.0. The molecule has 200 valence electrons. The highest BCUT2D eigenvalue weighted by molar-refractivity contribution is 5.91. The number of allylic oxidation sites excluding steroid dienone is 2. The van der Waals surface area contributed by atoms with E-state index in [1.165, 1.54) is 12.1 Å². The van der Waals surface area contributed by atoms with E-state index in [-0.39, 0.29) is 29.6 Å². The van der Waals surface area contributed by atoms with Gasteiger partial charge in [0.25, 0.3) is 0 Å². The monoisotopic (exact) mass is 510 g/mol. The molecule has 2 aromatic rings. The van der Waals surface area contributed by atoms with Crippen molar-refractivity contribution in [2.24, 2.45) is 16.6 Å². The number of nitrogens with two attached hydrogens (primary N) is 1. The maximum atomic E-state index is 13.8. The van der Waals surface area contributed by atoms with Gasteiger partial charge in [-0.2, -0.15) is 0 Å². The van der Waals surface area contributed by atoms with Crippen LogP contribution < -0.4 is 16.4 Å². The summed E-state index contributed by atoms with van der Waals surface area (Å²) in [5.41, 5.74) is 8.99. The maximum Gasteiger partial charge on any atom is 0.245 e. The molecule has 0 bridgehead atoms. The minimum atomic E-state index is -0.665. The molecular formula is C28H39FN6O2. The Bertz CT molecular complexity index is 1240. The number of likely N-dealkylation sites (tertiary alicyclic amines) is 1. The minimum absolute atomic E-state index is 0.0986. The number of nitrogens with one attached hydrogen (secondary N) is 2. The largest absolute Gasteiger partial charge is 0.387 e. The molecule has 0 radical (unpaired) electrons. The molecule has 3 rings (SSSR count). The standard InChI is InChI=1S/C28H39FN6O2/c1-16(2)26(33-27(36)19(5)31-7)28(37)34-12-8-9-25(34)23(32-20(6)30)13-18(4)35-15-17(3)22-14-21(29)10-11-24(22)35/h10-11,13-16,19,25-26,31H,4,8-9,12H2,1-3,5-7H3,(H2,30,32)(H,33,36)/b23-13-. The summed E-state index contributed by atoms with van der Waals surface area (Å²) in [4.78, 5) is 32.7. The number of hydrogen-bond donors (Lipinski definition) is 3. The van der Waals surface area contributed by atoms with E-state index in [1.807, 2.05) is 37.6 Å². The van der Waals surface area contributed by atoms with Crippen molar-refractivity contribution in [3.8, 4) is 0 Å². The number of hydrogen-bond acceptors (Lipinski definition) is 4. The number of likely N-dealkylation sites (N-methyl/N-ethyl adjacent to an activating group) is 1. The predicted octanol–water partition coefficient (Wildman–Crippen LogP) is 3.56. The van der Waals surface area contributed by atoms with Crippen LogP contribution in [0.5, 0.6) is 0 Å². The van der Waals surface area contributed by atoms with Crippen LogP contribution in [0, 0.1) is 18.7 Å². The second-order valence-electron chi connectivity index (χ2n) is 10.1. The fraction of sp³-hybridized carbons (Fsp3) is 0.464. The fourth-order valence-corrected chi connectivity index (χ4v) is 4.69. The average molecular weight is 511 g/mol. The number of aliphatic imine (C=N–C) groups is 1. The third-order valence-electron chi connectivity index (χ3n) is 6.83. The average Bonchev–Trinajstić information content (AvgIpc) is 3.45. The van der Waals surface area contributed by atoms with Crippen LogP contribution in [-0.2, 0) is 9.59 Å². The summed E-state index contributed by atoms with van der Waals surface area (Å²) in [6.07, 6.45) is 5.26. The van der Waals surface area contributed by atoms with Gasteiger partial charge in [0.1, 0.15) is 11.9 Å². The minimum Gasteiger partial charge on any atom is -0.387 e. The van der Waals surface area contributed by atoms with Gasteiger partial charge in [-0.3, -0.25) is 9.59 Å². The lowest BCUT2D eigenvalue weighted by Gasteiger charge is -2.32. The number of rotatable bonds is 9. The Balaban J connectivity index is 1.96. The first-order chi connectivity index (χ1) is 17.4. The summed E-state index contributed by atoms with van der Waals surface area (Å²) < 4.78 is 15.7. The Kier molecular flexibility index (Phi) is 8.91. The van der Waals surface area contributed by atoms with E-state index in [1.54, 1.807) is 31.9 Å². The van der Waals surface area contributed by atoms with Crippen molar-refractivity contribution in [2.75, 3.05) is 13.6 Å². The van der Waals surface area contributed by atoms with Gasteiger partial charge in [-0.05, 0) is 76.4 Å². The summed E-state index contributed by atoms with van der Waals surface area (Å²) in [6, 6.07) is 3.26. The molecule has 4 N–H and O–H groups in total. The van der Waals surface area contributed by atoms with Gasteiger partial charge >= 0.3 is 0 Å². The zero-order valence-electron chi connectivity index (χ0n) is 22.6. The van der Waals surface area contributed by atoms with Gasteiger partial charge in [0.2, 0.25) is 11.8 Å². The topological polar surface area (TPSA) is 105 Å². The molecule has 8 nitrogen and oxygen atoms in total. The number of carbonyl (C=O) groups excluding carboxylic acids is 2. The van der Waals surface area contributed by atoms with Crippen LogP contribution in [0.4, 0.5) is 4.39 Å². The number of halogens is 1. The number of aryl methyl sites for hydroxylation is 1. The first kappa shape index (κ1) is 28.1. The SMILES string of the molecule is C=C(/C=C(\N=C(\C)N)C1CCCN1C(=O)C(NC(=O)C(C)NC)C(C)C)n1cc(C)c2cc(F)ccc21. The van der Waals surface area contributed by atoms with Crippen LogP contribution in [0.15, 0.2) is 47.7 Å². The molecule has 1 aromatic carbocycles.